The van der Waals surface area contributed by atoms with Crippen molar-refractivity contribution in [3.63, 3.8) is 0 Å². The van der Waals surface area contributed by atoms with Crippen LogP contribution in [0.1, 0.15) is 36.5 Å². The molecule has 0 bridgehead atoms. The summed E-state index contributed by atoms with van der Waals surface area (Å²) in [6.45, 7) is 1.98. The Kier molecular flexibility index (Phi) is 5.13. The van der Waals surface area contributed by atoms with Crippen molar-refractivity contribution in [2.45, 2.75) is 32.2 Å². The predicted molar refractivity (Wildman–Crippen MR) is 62.7 cm³/mol. The van der Waals surface area contributed by atoms with Crippen molar-refractivity contribution in [3.8, 4) is 0 Å². The van der Waals surface area contributed by atoms with Gasteiger partial charge in [-0.2, -0.15) is 0 Å². The number of amides is 1. The highest BCUT2D eigenvalue weighted by Gasteiger charge is 2.19. The van der Waals surface area contributed by atoms with Crippen molar-refractivity contribution < 1.29 is 14.7 Å². The fourth-order valence-corrected chi connectivity index (χ4v) is 1.41. The van der Waals surface area contributed by atoms with Crippen LogP contribution in [-0.2, 0) is 4.79 Å². The number of carboxylic acids is 1. The monoisotopic (exact) mass is 236 g/mol. The Labute approximate surface area is 99.9 Å². The topological polar surface area (TPSA) is 79.3 Å². The summed E-state index contributed by atoms with van der Waals surface area (Å²) in [5, 5.41) is 11.5. The summed E-state index contributed by atoms with van der Waals surface area (Å²) in [5.74, 6) is -1.38. The molecule has 0 aromatic carbocycles. The molecular formula is C12H16N2O3. The molecular weight excluding hydrogens is 220 g/mol. The van der Waals surface area contributed by atoms with Crippen LogP contribution in [0.4, 0.5) is 0 Å². The second kappa shape index (κ2) is 6.62. The molecule has 5 heteroatoms. The fourth-order valence-electron chi connectivity index (χ4n) is 1.41. The van der Waals surface area contributed by atoms with Crippen molar-refractivity contribution >= 4 is 11.9 Å². The van der Waals surface area contributed by atoms with Gasteiger partial charge >= 0.3 is 5.97 Å². The molecule has 0 saturated heterocycles. The average Bonchev–Trinajstić information content (AvgIpc) is 2.35. The number of nitrogens with zero attached hydrogens (tertiary/aromatic N) is 1. The van der Waals surface area contributed by atoms with Crippen LogP contribution in [0.5, 0.6) is 0 Å². The van der Waals surface area contributed by atoms with Gasteiger partial charge in [-0.1, -0.05) is 19.8 Å². The number of carbonyl (C=O) groups is 2. The summed E-state index contributed by atoms with van der Waals surface area (Å²) in [6.07, 6.45) is 5.11. The number of pyridine rings is 1. The fraction of sp³-hybridized carbons (Fsp3) is 0.417. The third kappa shape index (κ3) is 4.22. The van der Waals surface area contributed by atoms with Gasteiger partial charge in [-0.15, -0.1) is 0 Å². The number of aliphatic carboxylic acids is 1. The summed E-state index contributed by atoms with van der Waals surface area (Å²) >= 11 is 0. The highest BCUT2D eigenvalue weighted by molar-refractivity contribution is 5.96. The van der Waals surface area contributed by atoms with E-state index in [9.17, 15) is 9.59 Å². The standard InChI is InChI=1S/C12H16N2O3/c1-2-3-4-10(12(16)17)14-11(15)9-5-7-13-8-6-9/h5-8,10H,2-4H2,1H3,(H,14,15)(H,16,17)/t10-/m1/s1. The number of hydrogen-bond acceptors (Lipinski definition) is 3. The van der Waals surface area contributed by atoms with Gasteiger partial charge in [0.25, 0.3) is 5.91 Å². The molecule has 0 spiro atoms. The van der Waals surface area contributed by atoms with Crippen molar-refractivity contribution in [2.75, 3.05) is 0 Å². The van der Waals surface area contributed by atoms with Gasteiger partial charge in [-0.05, 0) is 18.6 Å². The average molecular weight is 236 g/mol. The highest BCUT2D eigenvalue weighted by atomic mass is 16.4. The molecule has 0 fully saturated rings. The Morgan fingerprint density at radius 1 is 1.41 bits per heavy atom. The molecule has 17 heavy (non-hydrogen) atoms. The van der Waals surface area contributed by atoms with E-state index in [0.717, 1.165) is 12.8 Å². The van der Waals surface area contributed by atoms with E-state index in [2.05, 4.69) is 10.3 Å². The minimum Gasteiger partial charge on any atom is -0.480 e. The van der Waals surface area contributed by atoms with E-state index in [1.165, 1.54) is 12.4 Å². The Morgan fingerprint density at radius 2 is 2.06 bits per heavy atom. The Balaban J connectivity index is 2.61. The maximum Gasteiger partial charge on any atom is 0.326 e. The van der Waals surface area contributed by atoms with Crippen molar-refractivity contribution in [1.29, 1.82) is 0 Å². The Morgan fingerprint density at radius 3 is 2.59 bits per heavy atom. The molecule has 0 aliphatic carbocycles. The predicted octanol–water partition coefficient (Wildman–Crippen LogP) is 1.45. The summed E-state index contributed by atoms with van der Waals surface area (Å²) < 4.78 is 0. The van der Waals surface area contributed by atoms with Gasteiger partial charge in [-0.25, -0.2) is 4.79 Å². The lowest BCUT2D eigenvalue weighted by Crippen LogP contribution is -2.40. The van der Waals surface area contributed by atoms with Gasteiger partial charge in [0.2, 0.25) is 0 Å². The van der Waals surface area contributed by atoms with E-state index in [0.29, 0.717) is 12.0 Å². The summed E-state index contributed by atoms with van der Waals surface area (Å²) in [7, 11) is 0. The Hall–Kier alpha value is -1.91. The summed E-state index contributed by atoms with van der Waals surface area (Å²) in [4.78, 5) is 26.5. The van der Waals surface area contributed by atoms with Crippen molar-refractivity contribution in [3.05, 3.63) is 30.1 Å². The number of hydrogen-bond donors (Lipinski definition) is 2. The number of carbonyl (C=O) groups excluding carboxylic acids is 1. The molecule has 0 radical (unpaired) electrons. The van der Waals surface area contributed by atoms with Crippen molar-refractivity contribution in [1.82, 2.24) is 10.3 Å². The van der Waals surface area contributed by atoms with Crippen LogP contribution in [0, 0.1) is 0 Å². The maximum atomic E-state index is 11.7. The minimum atomic E-state index is -0.999. The third-order valence-corrected chi connectivity index (χ3v) is 2.39. The first-order valence-electron chi connectivity index (χ1n) is 5.58. The number of rotatable bonds is 6. The molecule has 0 unspecified atom stereocenters. The highest BCUT2D eigenvalue weighted by Crippen LogP contribution is 2.03. The smallest absolute Gasteiger partial charge is 0.326 e. The summed E-state index contributed by atoms with van der Waals surface area (Å²) in [5.41, 5.74) is 0.419. The minimum absolute atomic E-state index is 0.379. The van der Waals surface area contributed by atoms with Gasteiger partial charge in [0, 0.05) is 18.0 Å². The maximum absolute atomic E-state index is 11.7. The number of carboxylic acid groups (broad SMARTS) is 1. The molecule has 92 valence electrons. The molecule has 0 saturated carbocycles. The first-order chi connectivity index (χ1) is 8.15. The van der Waals surface area contributed by atoms with Crippen LogP contribution in [0.3, 0.4) is 0 Å². The lowest BCUT2D eigenvalue weighted by Gasteiger charge is -2.13. The number of nitrogens with one attached hydrogen (secondary N) is 1. The SMILES string of the molecule is CCCC[C@@H](NC(=O)c1ccncc1)C(=O)O. The number of aromatic nitrogens is 1. The van der Waals surface area contributed by atoms with Gasteiger partial charge in [0.15, 0.2) is 0 Å². The second-order valence-corrected chi connectivity index (χ2v) is 3.74. The molecule has 1 aromatic rings. The van der Waals surface area contributed by atoms with E-state index < -0.39 is 12.0 Å². The molecule has 1 amide bonds. The van der Waals surface area contributed by atoms with Gasteiger partial charge in [0.1, 0.15) is 6.04 Å². The van der Waals surface area contributed by atoms with E-state index in [-0.39, 0.29) is 5.91 Å². The zero-order valence-electron chi connectivity index (χ0n) is 9.72. The van der Waals surface area contributed by atoms with Crippen LogP contribution >= 0.6 is 0 Å². The number of unbranched alkanes of at least 4 members (excludes halogenated alkanes) is 1. The normalized spacial score (nSPS) is 11.8. The molecule has 0 aliphatic heterocycles. The van der Waals surface area contributed by atoms with Gasteiger partial charge in [0.05, 0.1) is 0 Å². The van der Waals surface area contributed by atoms with Crippen LogP contribution in [0.15, 0.2) is 24.5 Å². The zero-order chi connectivity index (χ0) is 12.7. The van der Waals surface area contributed by atoms with Gasteiger partial charge in [-0.3, -0.25) is 9.78 Å². The molecule has 5 nitrogen and oxygen atoms in total. The van der Waals surface area contributed by atoms with Crippen LogP contribution in [-0.4, -0.2) is 28.0 Å². The van der Waals surface area contributed by atoms with E-state index in [1.54, 1.807) is 12.1 Å². The molecule has 0 aliphatic rings. The van der Waals surface area contributed by atoms with E-state index in [1.807, 2.05) is 6.92 Å². The van der Waals surface area contributed by atoms with Crippen LogP contribution in [0.2, 0.25) is 0 Å². The summed E-state index contributed by atoms with van der Waals surface area (Å²) in [6, 6.07) is 2.28. The van der Waals surface area contributed by atoms with Crippen LogP contribution < -0.4 is 5.32 Å². The second-order valence-electron chi connectivity index (χ2n) is 3.74. The van der Waals surface area contributed by atoms with E-state index in [4.69, 9.17) is 5.11 Å². The molecule has 1 atom stereocenters. The zero-order valence-corrected chi connectivity index (χ0v) is 9.72. The van der Waals surface area contributed by atoms with Gasteiger partial charge < -0.3 is 10.4 Å². The quantitative estimate of drug-likeness (QED) is 0.783. The lowest BCUT2D eigenvalue weighted by atomic mass is 10.1. The molecule has 1 heterocycles. The Bertz CT molecular complexity index is 379. The molecule has 1 aromatic heterocycles. The first-order valence-corrected chi connectivity index (χ1v) is 5.58. The van der Waals surface area contributed by atoms with E-state index >= 15 is 0 Å². The lowest BCUT2D eigenvalue weighted by molar-refractivity contribution is -0.139. The first kappa shape index (κ1) is 13.2. The molecule has 1 rings (SSSR count). The van der Waals surface area contributed by atoms with Crippen LogP contribution in [0.25, 0.3) is 0 Å². The van der Waals surface area contributed by atoms with Crippen molar-refractivity contribution in [2.24, 2.45) is 0 Å². The third-order valence-electron chi connectivity index (χ3n) is 2.39. The largest absolute Gasteiger partial charge is 0.480 e. The molecule has 2 N–H and O–H groups in total.